The van der Waals surface area contributed by atoms with Gasteiger partial charge in [-0.2, -0.15) is 0 Å². The molecule has 0 saturated carbocycles. The lowest BCUT2D eigenvalue weighted by atomic mass is 9.78. The molecule has 0 fully saturated rings. The van der Waals surface area contributed by atoms with Crippen molar-refractivity contribution in [3.8, 4) is 11.5 Å². The number of rotatable bonds is 11. The minimum absolute atomic E-state index is 0.0907. The highest BCUT2D eigenvalue weighted by molar-refractivity contribution is 6.32. The van der Waals surface area contributed by atoms with E-state index in [1.54, 1.807) is 13.2 Å². The van der Waals surface area contributed by atoms with E-state index >= 15 is 0 Å². The maximum absolute atomic E-state index is 9.54. The van der Waals surface area contributed by atoms with Crippen LogP contribution in [0.4, 0.5) is 0 Å². The van der Waals surface area contributed by atoms with Crippen molar-refractivity contribution in [3.05, 3.63) is 57.6 Å². The second-order valence-electron chi connectivity index (χ2n) is 7.23. The van der Waals surface area contributed by atoms with E-state index in [2.05, 4.69) is 13.8 Å². The van der Waals surface area contributed by atoms with E-state index < -0.39 is 6.10 Å². The Labute approximate surface area is 187 Å². The summed E-state index contributed by atoms with van der Waals surface area (Å²) in [5.41, 5.74) is 1.71. The minimum atomic E-state index is -0.735. The van der Waals surface area contributed by atoms with E-state index in [4.69, 9.17) is 49.0 Å². The monoisotopic (exact) mass is 460 g/mol. The van der Waals surface area contributed by atoms with Crippen LogP contribution < -0.4 is 9.47 Å². The topological polar surface area (TPSA) is 47.9 Å². The highest BCUT2D eigenvalue weighted by Crippen LogP contribution is 2.38. The van der Waals surface area contributed by atoms with Crippen molar-refractivity contribution in [1.82, 2.24) is 0 Å². The molecule has 0 radical (unpaired) electrons. The summed E-state index contributed by atoms with van der Waals surface area (Å²) >= 11 is 18.4. The zero-order chi connectivity index (χ0) is 21.4. The van der Waals surface area contributed by atoms with E-state index in [-0.39, 0.29) is 17.9 Å². The minimum Gasteiger partial charge on any atom is -0.492 e. The molecule has 0 saturated heterocycles. The first-order valence-electron chi connectivity index (χ1n) is 9.38. The van der Waals surface area contributed by atoms with Gasteiger partial charge < -0.3 is 19.3 Å². The zero-order valence-electron chi connectivity index (χ0n) is 16.9. The van der Waals surface area contributed by atoms with Crippen molar-refractivity contribution in [2.45, 2.75) is 31.8 Å². The van der Waals surface area contributed by atoms with E-state index in [9.17, 15) is 5.11 Å². The van der Waals surface area contributed by atoms with Crippen LogP contribution in [0, 0.1) is 0 Å². The van der Waals surface area contributed by atoms with Gasteiger partial charge in [0.05, 0.1) is 22.5 Å². The summed E-state index contributed by atoms with van der Waals surface area (Å²) in [5.74, 6) is 1.27. The smallest absolute Gasteiger partial charge is 0.138 e. The highest BCUT2D eigenvalue weighted by Gasteiger charge is 2.25. The van der Waals surface area contributed by atoms with Crippen LogP contribution in [0.15, 0.2) is 36.4 Å². The third-order valence-corrected chi connectivity index (χ3v) is 5.61. The van der Waals surface area contributed by atoms with Crippen LogP contribution in [0.5, 0.6) is 11.5 Å². The summed E-state index contributed by atoms with van der Waals surface area (Å²) in [6.07, 6.45) is 0.0655. The largest absolute Gasteiger partial charge is 0.492 e. The predicted molar refractivity (Wildman–Crippen MR) is 119 cm³/mol. The Bertz CT molecular complexity index is 796. The number of ether oxygens (including phenoxy) is 3. The second-order valence-corrected chi connectivity index (χ2v) is 8.35. The fourth-order valence-electron chi connectivity index (χ4n) is 2.80. The Morgan fingerprint density at radius 3 is 1.97 bits per heavy atom. The molecule has 0 amide bonds. The van der Waals surface area contributed by atoms with Gasteiger partial charge >= 0.3 is 0 Å². The molecular weight excluding hydrogens is 435 g/mol. The number of methoxy groups -OCH3 is 1. The Morgan fingerprint density at radius 1 is 0.931 bits per heavy atom. The van der Waals surface area contributed by atoms with Gasteiger partial charge in [0, 0.05) is 25.6 Å². The third-order valence-electron chi connectivity index (χ3n) is 4.67. The standard InChI is InChI=1S/C22H27Cl3O4/c1-22(2,15-5-7-20(18(24)11-15)28-10-4-9-27-3)16-6-8-21(19(25)12-16)29-14-17(26)13-23/h5-8,11-12,17,26H,4,9-10,13-14H2,1-3H3. The first-order chi connectivity index (χ1) is 13.8. The van der Waals surface area contributed by atoms with Gasteiger partial charge in [0.25, 0.3) is 0 Å². The SMILES string of the molecule is COCCCOc1ccc(C(C)(C)c2ccc(OCC(O)CCl)c(Cl)c2)cc1Cl. The molecule has 1 N–H and O–H groups in total. The van der Waals surface area contributed by atoms with Crippen LogP contribution in [0.3, 0.4) is 0 Å². The van der Waals surface area contributed by atoms with Crippen LogP contribution in [-0.4, -0.2) is 44.0 Å². The van der Waals surface area contributed by atoms with Crippen molar-refractivity contribution in [1.29, 1.82) is 0 Å². The van der Waals surface area contributed by atoms with Crippen LogP contribution in [0.25, 0.3) is 0 Å². The van der Waals surface area contributed by atoms with Crippen molar-refractivity contribution in [2.24, 2.45) is 0 Å². The van der Waals surface area contributed by atoms with Crippen molar-refractivity contribution in [2.75, 3.05) is 32.8 Å². The van der Waals surface area contributed by atoms with Gasteiger partial charge in [-0.15, -0.1) is 11.6 Å². The maximum Gasteiger partial charge on any atom is 0.138 e. The van der Waals surface area contributed by atoms with Gasteiger partial charge in [-0.25, -0.2) is 0 Å². The van der Waals surface area contributed by atoms with Crippen LogP contribution in [0.1, 0.15) is 31.4 Å². The number of aliphatic hydroxyl groups excluding tert-OH is 1. The number of halogens is 3. The molecule has 0 heterocycles. The summed E-state index contributed by atoms with van der Waals surface area (Å²) in [5, 5.41) is 10.6. The van der Waals surface area contributed by atoms with Gasteiger partial charge in [-0.3, -0.25) is 0 Å². The molecular formula is C22H27Cl3O4. The summed E-state index contributed by atoms with van der Waals surface area (Å²) in [6, 6.07) is 11.4. The first-order valence-corrected chi connectivity index (χ1v) is 10.7. The molecule has 2 aromatic carbocycles. The average Bonchev–Trinajstić information content (AvgIpc) is 2.70. The number of aliphatic hydroxyl groups is 1. The second kappa shape index (κ2) is 11.3. The molecule has 0 aliphatic carbocycles. The molecule has 2 aromatic rings. The molecule has 1 atom stereocenters. The molecule has 29 heavy (non-hydrogen) atoms. The van der Waals surface area contributed by atoms with Crippen molar-refractivity contribution < 1.29 is 19.3 Å². The maximum atomic E-state index is 9.54. The number of benzene rings is 2. The number of hydrogen-bond donors (Lipinski definition) is 1. The molecule has 0 aromatic heterocycles. The Morgan fingerprint density at radius 2 is 1.48 bits per heavy atom. The fourth-order valence-corrected chi connectivity index (χ4v) is 3.36. The fraction of sp³-hybridized carbons (Fsp3) is 0.455. The van der Waals surface area contributed by atoms with E-state index in [1.807, 2.05) is 30.3 Å². The molecule has 1 unspecified atom stereocenters. The Kier molecular flexibility index (Phi) is 9.38. The zero-order valence-corrected chi connectivity index (χ0v) is 19.2. The van der Waals surface area contributed by atoms with Crippen molar-refractivity contribution >= 4 is 34.8 Å². The molecule has 2 rings (SSSR count). The van der Waals surface area contributed by atoms with Crippen LogP contribution in [0.2, 0.25) is 10.0 Å². The molecule has 0 bridgehead atoms. The normalized spacial score (nSPS) is 12.7. The highest BCUT2D eigenvalue weighted by atomic mass is 35.5. The average molecular weight is 462 g/mol. The van der Waals surface area contributed by atoms with Crippen LogP contribution >= 0.6 is 34.8 Å². The lowest BCUT2D eigenvalue weighted by Gasteiger charge is -2.27. The lowest BCUT2D eigenvalue weighted by molar-refractivity contribution is 0.125. The molecule has 4 nitrogen and oxygen atoms in total. The summed E-state index contributed by atoms with van der Waals surface area (Å²) in [4.78, 5) is 0. The number of alkyl halides is 1. The summed E-state index contributed by atoms with van der Waals surface area (Å²) < 4.78 is 16.3. The molecule has 0 aliphatic heterocycles. The van der Waals surface area contributed by atoms with Crippen molar-refractivity contribution in [3.63, 3.8) is 0 Å². The first kappa shape index (κ1) is 24.1. The predicted octanol–water partition coefficient (Wildman–Crippen LogP) is 5.71. The van der Waals surface area contributed by atoms with Crippen LogP contribution in [-0.2, 0) is 10.2 Å². The molecule has 7 heteroatoms. The van der Waals surface area contributed by atoms with Gasteiger partial charge in [0.2, 0.25) is 0 Å². The molecule has 160 valence electrons. The lowest BCUT2D eigenvalue weighted by Crippen LogP contribution is -2.20. The van der Waals surface area contributed by atoms with E-state index in [0.29, 0.717) is 34.8 Å². The summed E-state index contributed by atoms with van der Waals surface area (Å²) in [6.45, 7) is 5.48. The Balaban J connectivity index is 2.15. The van der Waals surface area contributed by atoms with Gasteiger partial charge in [-0.05, 0) is 35.4 Å². The van der Waals surface area contributed by atoms with Gasteiger partial charge in [-0.1, -0.05) is 49.2 Å². The summed E-state index contributed by atoms with van der Waals surface area (Å²) in [7, 11) is 1.66. The Hall–Kier alpha value is -1.17. The third kappa shape index (κ3) is 6.66. The van der Waals surface area contributed by atoms with E-state index in [1.165, 1.54) is 0 Å². The van der Waals surface area contributed by atoms with E-state index in [0.717, 1.165) is 17.5 Å². The van der Waals surface area contributed by atoms with Gasteiger partial charge in [0.1, 0.15) is 24.2 Å². The quantitative estimate of drug-likeness (QED) is 0.344. The number of hydrogen-bond acceptors (Lipinski definition) is 4. The molecule has 0 aliphatic rings. The van der Waals surface area contributed by atoms with Gasteiger partial charge in [0.15, 0.2) is 0 Å². The molecule has 0 spiro atoms.